The van der Waals surface area contributed by atoms with E-state index in [1.165, 1.54) is 21.5 Å². The van der Waals surface area contributed by atoms with E-state index in [2.05, 4.69) is 106 Å². The van der Waals surface area contributed by atoms with Crippen molar-refractivity contribution in [3.63, 3.8) is 0 Å². The highest BCUT2D eigenvalue weighted by atomic mass is 79.9. The summed E-state index contributed by atoms with van der Waals surface area (Å²) >= 11 is 0. The first-order chi connectivity index (χ1) is 11.5. The molecule has 3 aromatic rings. The van der Waals surface area contributed by atoms with Gasteiger partial charge in [-0.1, -0.05) is 78.9 Å². The van der Waals surface area contributed by atoms with Gasteiger partial charge in [-0.25, -0.2) is 0 Å². The minimum Gasteiger partial charge on any atom is -1.00 e. The normalized spacial score (nSPS) is 11.2. The van der Waals surface area contributed by atoms with Crippen molar-refractivity contribution in [2.24, 2.45) is 0 Å². The third kappa shape index (κ3) is 5.51. The number of benzene rings is 3. The number of hydrogen-bond acceptors (Lipinski definition) is 0. The van der Waals surface area contributed by atoms with Crippen LogP contribution < -0.4 is 32.9 Å². The Morgan fingerprint density at radius 2 is 1.12 bits per heavy atom. The predicted molar refractivity (Wildman–Crippen MR) is 107 cm³/mol. The number of hydrogen-bond donors (Lipinski definition) is 0. The standard InChI is InChI=1S/C22H25NP.BrH/c1-23(2,3)18-19-11-10-16-22(17-19)24(20-12-6-4-7-13-20)21-14-8-5-9-15-21;/h4-17H,18H2,1-3H3;1H/q+1;/p-1. The van der Waals surface area contributed by atoms with E-state index in [1.807, 2.05) is 0 Å². The Morgan fingerprint density at radius 1 is 0.640 bits per heavy atom. The molecule has 0 N–H and O–H groups in total. The fourth-order valence-corrected chi connectivity index (χ4v) is 5.31. The molecule has 0 aliphatic carbocycles. The maximum atomic E-state index is 2.40. The second-order valence-corrected chi connectivity index (χ2v) is 9.34. The lowest BCUT2D eigenvalue weighted by molar-refractivity contribution is -0.883. The lowest BCUT2D eigenvalue weighted by atomic mass is 10.2. The Labute approximate surface area is 163 Å². The Kier molecular flexibility index (Phi) is 6.95. The average molecular weight is 414 g/mol. The van der Waals surface area contributed by atoms with E-state index in [0.717, 1.165) is 11.0 Å². The topological polar surface area (TPSA) is 0 Å². The van der Waals surface area contributed by atoms with Crippen LogP contribution in [0.5, 0.6) is 0 Å². The predicted octanol–water partition coefficient (Wildman–Crippen LogP) is 0.655. The quantitative estimate of drug-likeness (QED) is 0.425. The smallest absolute Gasteiger partial charge is 0.104 e. The Hall–Kier alpha value is -1.47. The van der Waals surface area contributed by atoms with Crippen molar-refractivity contribution in [1.29, 1.82) is 0 Å². The van der Waals surface area contributed by atoms with E-state index >= 15 is 0 Å². The van der Waals surface area contributed by atoms with E-state index < -0.39 is 7.92 Å². The minimum atomic E-state index is -0.511. The summed E-state index contributed by atoms with van der Waals surface area (Å²) in [7, 11) is 6.21. The molecule has 3 rings (SSSR count). The molecule has 0 spiro atoms. The van der Waals surface area contributed by atoms with Crippen LogP contribution in [0.2, 0.25) is 0 Å². The molecule has 0 aromatic heterocycles. The molecule has 0 saturated carbocycles. The number of halogens is 1. The van der Waals surface area contributed by atoms with Gasteiger partial charge in [0.15, 0.2) is 0 Å². The van der Waals surface area contributed by atoms with Crippen molar-refractivity contribution in [2.75, 3.05) is 21.1 Å². The van der Waals surface area contributed by atoms with E-state index in [0.29, 0.717) is 0 Å². The van der Waals surface area contributed by atoms with Crippen molar-refractivity contribution in [1.82, 2.24) is 0 Å². The summed E-state index contributed by atoms with van der Waals surface area (Å²) in [6.07, 6.45) is 0. The van der Waals surface area contributed by atoms with Crippen molar-refractivity contribution < 1.29 is 21.5 Å². The molecule has 0 aliphatic rings. The number of quaternary nitrogens is 1. The third-order valence-electron chi connectivity index (χ3n) is 3.85. The van der Waals surface area contributed by atoms with Crippen LogP contribution in [0.1, 0.15) is 5.56 Å². The van der Waals surface area contributed by atoms with E-state index in [9.17, 15) is 0 Å². The Bertz CT molecular complexity index is 742. The van der Waals surface area contributed by atoms with Gasteiger partial charge in [-0.2, -0.15) is 0 Å². The van der Waals surface area contributed by atoms with Gasteiger partial charge in [0.1, 0.15) is 6.54 Å². The summed E-state index contributed by atoms with van der Waals surface area (Å²) in [5, 5.41) is 4.23. The van der Waals surface area contributed by atoms with E-state index in [-0.39, 0.29) is 17.0 Å². The van der Waals surface area contributed by atoms with Crippen LogP contribution >= 0.6 is 7.92 Å². The van der Waals surface area contributed by atoms with Gasteiger partial charge in [-0.15, -0.1) is 0 Å². The highest BCUT2D eigenvalue weighted by Gasteiger charge is 2.17. The van der Waals surface area contributed by atoms with Crippen molar-refractivity contribution in [2.45, 2.75) is 6.54 Å². The lowest BCUT2D eigenvalue weighted by Gasteiger charge is -2.25. The zero-order chi connectivity index (χ0) is 17.0. The van der Waals surface area contributed by atoms with Crippen LogP contribution in [-0.2, 0) is 6.54 Å². The second-order valence-electron chi connectivity index (χ2n) is 7.12. The SMILES string of the molecule is C[N+](C)(C)Cc1cccc(P(c2ccccc2)c2ccccc2)c1.[Br-]. The molecule has 25 heavy (non-hydrogen) atoms. The molecule has 0 radical (unpaired) electrons. The van der Waals surface area contributed by atoms with Gasteiger partial charge >= 0.3 is 0 Å². The van der Waals surface area contributed by atoms with E-state index in [4.69, 9.17) is 0 Å². The number of nitrogens with zero attached hydrogens (tertiary/aromatic N) is 1. The molecule has 130 valence electrons. The third-order valence-corrected chi connectivity index (χ3v) is 6.28. The molecule has 0 unspecified atom stereocenters. The molecule has 0 amide bonds. The summed E-state index contributed by atoms with van der Waals surface area (Å²) in [6.45, 7) is 1.04. The van der Waals surface area contributed by atoms with Crippen molar-refractivity contribution in [3.05, 3.63) is 90.5 Å². The van der Waals surface area contributed by atoms with E-state index in [1.54, 1.807) is 0 Å². The first-order valence-electron chi connectivity index (χ1n) is 8.32. The molecule has 3 heteroatoms. The molecule has 3 aromatic carbocycles. The molecule has 1 nitrogen and oxygen atoms in total. The van der Waals surface area contributed by atoms with Gasteiger partial charge in [0, 0.05) is 5.56 Å². The van der Waals surface area contributed by atoms with Crippen LogP contribution in [0.3, 0.4) is 0 Å². The maximum Gasteiger partial charge on any atom is 0.104 e. The summed E-state index contributed by atoms with van der Waals surface area (Å²) in [5.41, 5.74) is 1.40. The maximum absolute atomic E-state index is 2.40. The average Bonchev–Trinajstić information content (AvgIpc) is 2.56. The largest absolute Gasteiger partial charge is 1.00 e. The molecular formula is C22H25BrNP. The molecule has 0 saturated heterocycles. The summed E-state index contributed by atoms with van der Waals surface area (Å²) in [6, 6.07) is 30.9. The van der Waals surface area contributed by atoms with Crippen LogP contribution in [0.15, 0.2) is 84.9 Å². The first kappa shape index (κ1) is 19.8. The van der Waals surface area contributed by atoms with Crippen molar-refractivity contribution >= 4 is 23.8 Å². The molecule has 0 bridgehead atoms. The van der Waals surface area contributed by atoms with Gasteiger partial charge in [0.25, 0.3) is 0 Å². The van der Waals surface area contributed by atoms with Crippen LogP contribution in [0, 0.1) is 0 Å². The summed E-state index contributed by atoms with van der Waals surface area (Å²) in [4.78, 5) is 0. The van der Waals surface area contributed by atoms with Gasteiger partial charge in [0.05, 0.1) is 21.1 Å². The number of rotatable bonds is 5. The van der Waals surface area contributed by atoms with Gasteiger partial charge in [-0.3, -0.25) is 0 Å². The molecular weight excluding hydrogens is 389 g/mol. The lowest BCUT2D eigenvalue weighted by Crippen LogP contribution is -3.00. The minimum absolute atomic E-state index is 0. The van der Waals surface area contributed by atoms with Gasteiger partial charge in [0.2, 0.25) is 0 Å². The molecule has 0 fully saturated rings. The molecule has 0 atom stereocenters. The van der Waals surface area contributed by atoms with Gasteiger partial charge in [-0.05, 0) is 29.9 Å². The van der Waals surface area contributed by atoms with Crippen LogP contribution in [-0.4, -0.2) is 25.6 Å². The first-order valence-corrected chi connectivity index (χ1v) is 9.67. The van der Waals surface area contributed by atoms with Crippen LogP contribution in [0.4, 0.5) is 0 Å². The summed E-state index contributed by atoms with van der Waals surface area (Å²) < 4.78 is 0.943. The fraction of sp³-hybridized carbons (Fsp3) is 0.182. The molecule has 0 heterocycles. The zero-order valence-corrected chi connectivity index (χ0v) is 17.5. The Morgan fingerprint density at radius 3 is 1.60 bits per heavy atom. The monoisotopic (exact) mass is 413 g/mol. The summed E-state index contributed by atoms with van der Waals surface area (Å²) in [5.74, 6) is 0. The fourth-order valence-electron chi connectivity index (χ4n) is 2.94. The highest BCUT2D eigenvalue weighted by Crippen LogP contribution is 2.32. The van der Waals surface area contributed by atoms with Crippen molar-refractivity contribution in [3.8, 4) is 0 Å². The highest BCUT2D eigenvalue weighted by molar-refractivity contribution is 7.79. The second kappa shape index (κ2) is 8.76. The van der Waals surface area contributed by atoms with Crippen LogP contribution in [0.25, 0.3) is 0 Å². The molecule has 0 aliphatic heterocycles. The Balaban J connectivity index is 0.00000225. The van der Waals surface area contributed by atoms with Gasteiger partial charge < -0.3 is 21.5 Å². The zero-order valence-electron chi connectivity index (χ0n) is 15.1.